The zero-order valence-corrected chi connectivity index (χ0v) is 9.55. The van der Waals surface area contributed by atoms with Gasteiger partial charge in [0.2, 0.25) is 0 Å². The van der Waals surface area contributed by atoms with Crippen LogP contribution in [0.4, 0.5) is 0 Å². The normalized spacial score (nSPS) is 19.9. The van der Waals surface area contributed by atoms with Gasteiger partial charge in [-0.1, -0.05) is 12.1 Å². The molecule has 0 radical (unpaired) electrons. The molecule has 2 rings (SSSR count). The van der Waals surface area contributed by atoms with Gasteiger partial charge in [-0.2, -0.15) is 0 Å². The molecule has 2 N–H and O–H groups in total. The molecule has 15 heavy (non-hydrogen) atoms. The third kappa shape index (κ3) is 2.06. The second kappa shape index (κ2) is 3.61. The molecule has 1 aliphatic rings. The van der Waals surface area contributed by atoms with Crippen LogP contribution in [0.5, 0.6) is 0 Å². The Morgan fingerprint density at radius 1 is 1.47 bits per heavy atom. The summed E-state index contributed by atoms with van der Waals surface area (Å²) < 4.78 is 23.3. The van der Waals surface area contributed by atoms with Crippen LogP contribution in [-0.2, 0) is 22.7 Å². The van der Waals surface area contributed by atoms with E-state index < -0.39 is 9.84 Å². The lowest BCUT2D eigenvalue weighted by Gasteiger charge is -2.06. The molecule has 1 atom stereocenters. The zero-order valence-electron chi connectivity index (χ0n) is 8.73. The fourth-order valence-electron chi connectivity index (χ4n) is 1.95. The summed E-state index contributed by atoms with van der Waals surface area (Å²) in [6.07, 6.45) is 1.37. The van der Waals surface area contributed by atoms with E-state index in [9.17, 15) is 8.42 Å². The first-order valence-corrected chi connectivity index (χ1v) is 6.74. The Kier molecular flexibility index (Phi) is 2.56. The summed E-state index contributed by atoms with van der Waals surface area (Å²) in [6.45, 7) is 1.92. The quantitative estimate of drug-likeness (QED) is 0.813. The highest BCUT2D eigenvalue weighted by Gasteiger charge is 2.25. The molecular formula is C11H15NO2S. The predicted octanol–water partition coefficient (Wildman–Crippen LogP) is 0.906. The topological polar surface area (TPSA) is 60.2 Å². The van der Waals surface area contributed by atoms with Crippen LogP contribution in [-0.4, -0.2) is 20.2 Å². The van der Waals surface area contributed by atoms with E-state index in [2.05, 4.69) is 0 Å². The number of sulfone groups is 1. The molecule has 0 bridgehead atoms. The highest BCUT2D eigenvalue weighted by atomic mass is 32.2. The Balaban J connectivity index is 2.42. The van der Waals surface area contributed by atoms with Gasteiger partial charge >= 0.3 is 0 Å². The smallest absolute Gasteiger partial charge is 0.178 e. The molecule has 0 saturated heterocycles. The Morgan fingerprint density at radius 2 is 2.20 bits per heavy atom. The minimum atomic E-state index is -3.00. The number of benzene rings is 1. The third-order valence-electron chi connectivity index (χ3n) is 2.66. The fraction of sp³-hybridized carbons (Fsp3) is 0.455. The molecule has 0 amide bonds. The predicted molar refractivity (Wildman–Crippen MR) is 59.6 cm³/mol. The average molecular weight is 225 g/mol. The zero-order chi connectivity index (χ0) is 11.1. The molecule has 0 spiro atoms. The number of fused-ring (bicyclic) bond motifs is 1. The maximum atomic E-state index is 11.7. The Morgan fingerprint density at radius 3 is 2.87 bits per heavy atom. The van der Waals surface area contributed by atoms with Gasteiger partial charge in [-0.05, 0) is 37.0 Å². The van der Waals surface area contributed by atoms with Crippen molar-refractivity contribution < 1.29 is 8.42 Å². The van der Waals surface area contributed by atoms with Crippen LogP contribution < -0.4 is 5.73 Å². The van der Waals surface area contributed by atoms with Gasteiger partial charge in [0.25, 0.3) is 0 Å². The van der Waals surface area contributed by atoms with Crippen LogP contribution in [0.2, 0.25) is 0 Å². The number of nitrogens with two attached hydrogens (primary N) is 1. The molecule has 0 saturated carbocycles. The van der Waals surface area contributed by atoms with Crippen molar-refractivity contribution in [2.75, 3.05) is 5.75 Å². The van der Waals surface area contributed by atoms with E-state index in [-0.39, 0.29) is 11.8 Å². The molecule has 1 unspecified atom stereocenters. The van der Waals surface area contributed by atoms with Gasteiger partial charge < -0.3 is 5.73 Å². The number of hydrogen-bond acceptors (Lipinski definition) is 3. The largest absolute Gasteiger partial charge is 0.328 e. The summed E-state index contributed by atoms with van der Waals surface area (Å²) in [6, 6.07) is 5.73. The maximum Gasteiger partial charge on any atom is 0.178 e. The molecule has 0 fully saturated rings. The van der Waals surface area contributed by atoms with Crippen LogP contribution >= 0.6 is 0 Å². The van der Waals surface area contributed by atoms with E-state index >= 15 is 0 Å². The molecule has 1 aliphatic heterocycles. The van der Waals surface area contributed by atoms with E-state index in [1.54, 1.807) is 6.07 Å². The van der Waals surface area contributed by atoms with Crippen molar-refractivity contribution in [3.8, 4) is 0 Å². The second-order valence-electron chi connectivity index (χ2n) is 4.19. The molecule has 1 aromatic carbocycles. The molecule has 0 aromatic heterocycles. The molecule has 82 valence electrons. The third-order valence-corrected chi connectivity index (χ3v) is 4.46. The molecule has 0 aliphatic carbocycles. The summed E-state index contributed by atoms with van der Waals surface area (Å²) in [5.41, 5.74) is 7.64. The Labute approximate surface area is 90.2 Å². The lowest BCUT2D eigenvalue weighted by molar-refractivity contribution is 0.599. The summed E-state index contributed by atoms with van der Waals surface area (Å²) in [7, 11) is -3.00. The van der Waals surface area contributed by atoms with Gasteiger partial charge in [0, 0.05) is 6.04 Å². The monoisotopic (exact) mass is 225 g/mol. The van der Waals surface area contributed by atoms with Crippen molar-refractivity contribution in [1.82, 2.24) is 0 Å². The van der Waals surface area contributed by atoms with Crippen LogP contribution in [0, 0.1) is 0 Å². The summed E-state index contributed by atoms with van der Waals surface area (Å²) in [5.74, 6) is 0.254. The average Bonchev–Trinajstić information content (AvgIpc) is 2.42. The molecule has 3 nitrogen and oxygen atoms in total. The first-order chi connectivity index (χ1) is 6.99. The van der Waals surface area contributed by atoms with Crippen molar-refractivity contribution in [1.29, 1.82) is 0 Å². The maximum absolute atomic E-state index is 11.7. The lowest BCUT2D eigenvalue weighted by atomic mass is 10.0. The molecule has 1 aromatic rings. The fourth-order valence-corrected chi connectivity index (χ4v) is 3.56. The highest BCUT2D eigenvalue weighted by molar-refractivity contribution is 7.91. The summed E-state index contributed by atoms with van der Waals surface area (Å²) >= 11 is 0. The van der Waals surface area contributed by atoms with Gasteiger partial charge in [0.1, 0.15) is 0 Å². The van der Waals surface area contributed by atoms with Gasteiger partial charge in [-0.15, -0.1) is 0 Å². The number of aryl methyl sites for hydroxylation is 1. The molecule has 1 heterocycles. The van der Waals surface area contributed by atoms with Crippen molar-refractivity contribution in [2.45, 2.75) is 30.7 Å². The highest BCUT2D eigenvalue weighted by Crippen LogP contribution is 2.26. The minimum Gasteiger partial charge on any atom is -0.328 e. The van der Waals surface area contributed by atoms with Crippen LogP contribution in [0.3, 0.4) is 0 Å². The first-order valence-electron chi connectivity index (χ1n) is 5.09. The van der Waals surface area contributed by atoms with E-state index in [0.717, 1.165) is 17.5 Å². The van der Waals surface area contributed by atoms with Gasteiger partial charge in [0.05, 0.1) is 10.6 Å². The Hall–Kier alpha value is -0.870. The SMILES string of the molecule is CC(N)Cc1ccc2c(c1)S(=O)(=O)CC2. The van der Waals surface area contributed by atoms with E-state index in [1.807, 2.05) is 19.1 Å². The molecular weight excluding hydrogens is 210 g/mol. The van der Waals surface area contributed by atoms with Gasteiger partial charge in [-0.25, -0.2) is 8.42 Å². The van der Waals surface area contributed by atoms with Crippen LogP contribution in [0.25, 0.3) is 0 Å². The minimum absolute atomic E-state index is 0.0622. The number of hydrogen-bond donors (Lipinski definition) is 1. The Bertz CT molecular complexity index is 477. The summed E-state index contributed by atoms with van der Waals surface area (Å²) in [5, 5.41) is 0. The van der Waals surface area contributed by atoms with Gasteiger partial charge in [0.15, 0.2) is 9.84 Å². The van der Waals surface area contributed by atoms with E-state index in [1.165, 1.54) is 0 Å². The van der Waals surface area contributed by atoms with Crippen LogP contribution in [0.15, 0.2) is 23.1 Å². The van der Waals surface area contributed by atoms with Gasteiger partial charge in [-0.3, -0.25) is 0 Å². The van der Waals surface area contributed by atoms with Crippen molar-refractivity contribution >= 4 is 9.84 Å². The first kappa shape index (κ1) is 10.6. The number of rotatable bonds is 2. The van der Waals surface area contributed by atoms with Crippen LogP contribution in [0.1, 0.15) is 18.1 Å². The van der Waals surface area contributed by atoms with E-state index in [4.69, 9.17) is 5.73 Å². The van der Waals surface area contributed by atoms with Crippen molar-refractivity contribution in [3.05, 3.63) is 29.3 Å². The summed E-state index contributed by atoms with van der Waals surface area (Å²) in [4.78, 5) is 0.514. The second-order valence-corrected chi connectivity index (χ2v) is 6.27. The van der Waals surface area contributed by atoms with Crippen molar-refractivity contribution in [2.24, 2.45) is 5.73 Å². The molecule has 4 heteroatoms. The van der Waals surface area contributed by atoms with Crippen molar-refractivity contribution in [3.63, 3.8) is 0 Å². The van der Waals surface area contributed by atoms with E-state index in [0.29, 0.717) is 11.3 Å². The lowest BCUT2D eigenvalue weighted by Crippen LogP contribution is -2.17. The standard InChI is InChI=1S/C11H15NO2S/c1-8(12)6-9-2-3-10-4-5-15(13,14)11(10)7-9/h2-3,7-8H,4-6,12H2,1H3.